The number of carbonyl (C=O) groups is 1. The highest BCUT2D eigenvalue weighted by atomic mass is 32.1. The lowest BCUT2D eigenvalue weighted by atomic mass is 9.88. The van der Waals surface area contributed by atoms with E-state index in [9.17, 15) is 4.79 Å². The van der Waals surface area contributed by atoms with Crippen molar-refractivity contribution in [1.29, 1.82) is 0 Å². The summed E-state index contributed by atoms with van der Waals surface area (Å²) < 4.78 is 5.88. The first-order chi connectivity index (χ1) is 9.02. The Kier molecular flexibility index (Phi) is 4.88. The van der Waals surface area contributed by atoms with Gasteiger partial charge < -0.3 is 10.1 Å². The van der Waals surface area contributed by atoms with E-state index < -0.39 is 0 Å². The number of carbonyl (C=O) groups excluding carboxylic acids is 1. The Hall–Kier alpha value is -1.00. The lowest BCUT2D eigenvalue weighted by Gasteiger charge is -2.37. The van der Waals surface area contributed by atoms with E-state index in [0.29, 0.717) is 24.6 Å². The van der Waals surface area contributed by atoms with Crippen LogP contribution in [0.4, 0.5) is 0 Å². The summed E-state index contributed by atoms with van der Waals surface area (Å²) in [6, 6.07) is 8.82. The van der Waals surface area contributed by atoms with E-state index in [-0.39, 0.29) is 5.12 Å². The summed E-state index contributed by atoms with van der Waals surface area (Å²) in [5.74, 6) is 0.878. The van der Waals surface area contributed by atoms with Crippen molar-refractivity contribution in [2.45, 2.75) is 51.3 Å². The number of rotatable bonds is 6. The molecule has 1 aromatic carbocycles. The highest BCUT2D eigenvalue weighted by molar-refractivity contribution is 7.96. The molecular formula is C15H21NO2S. The molecule has 1 fully saturated rings. The van der Waals surface area contributed by atoms with Gasteiger partial charge in [0, 0.05) is 18.5 Å². The molecule has 3 nitrogen and oxygen atoms in total. The predicted octanol–water partition coefficient (Wildman–Crippen LogP) is 2.59. The molecule has 0 saturated heterocycles. The van der Waals surface area contributed by atoms with Crippen LogP contribution in [0.3, 0.4) is 0 Å². The van der Waals surface area contributed by atoms with Crippen molar-refractivity contribution in [2.75, 3.05) is 0 Å². The highest BCUT2D eigenvalue weighted by Gasteiger charge is 2.30. The Labute approximate surface area is 120 Å². The van der Waals surface area contributed by atoms with Gasteiger partial charge in [0.05, 0.1) is 0 Å². The molecule has 0 atom stereocenters. The van der Waals surface area contributed by atoms with Gasteiger partial charge in [0.25, 0.3) is 0 Å². The average Bonchev–Trinajstić information content (AvgIpc) is 2.27. The highest BCUT2D eigenvalue weighted by Crippen LogP contribution is 2.26. The van der Waals surface area contributed by atoms with Gasteiger partial charge in [-0.3, -0.25) is 4.79 Å². The molecule has 104 valence electrons. The number of ether oxygens (including phenoxy) is 1. The molecule has 0 bridgehead atoms. The molecule has 1 N–H and O–H groups in total. The van der Waals surface area contributed by atoms with Crippen LogP contribution in [-0.4, -0.2) is 23.3 Å². The molecule has 0 aromatic heterocycles. The maximum absolute atomic E-state index is 10.9. The van der Waals surface area contributed by atoms with Crippen molar-refractivity contribution in [3.8, 4) is 5.75 Å². The van der Waals surface area contributed by atoms with E-state index in [4.69, 9.17) is 4.74 Å². The predicted molar refractivity (Wildman–Crippen MR) is 79.8 cm³/mol. The van der Waals surface area contributed by atoms with Crippen LogP contribution in [0, 0.1) is 0 Å². The van der Waals surface area contributed by atoms with Gasteiger partial charge >= 0.3 is 0 Å². The number of hydrogen-bond acceptors (Lipinski definition) is 3. The summed E-state index contributed by atoms with van der Waals surface area (Å²) in [4.78, 5) is 10.9. The molecule has 1 aromatic rings. The molecule has 19 heavy (non-hydrogen) atoms. The van der Waals surface area contributed by atoms with Gasteiger partial charge in [-0.05, 0) is 30.5 Å². The van der Waals surface area contributed by atoms with Crippen LogP contribution >= 0.6 is 12.6 Å². The molecule has 2 rings (SSSR count). The summed E-state index contributed by atoms with van der Waals surface area (Å²) in [5, 5.41) is 3.38. The lowest BCUT2D eigenvalue weighted by Crippen LogP contribution is -2.49. The van der Waals surface area contributed by atoms with Crippen LogP contribution in [0.1, 0.15) is 32.3 Å². The second-order valence-corrected chi connectivity index (χ2v) is 5.94. The van der Waals surface area contributed by atoms with Crippen molar-refractivity contribution in [3.05, 3.63) is 29.8 Å². The first-order valence-corrected chi connectivity index (χ1v) is 7.21. The van der Waals surface area contributed by atoms with E-state index in [0.717, 1.165) is 24.2 Å². The van der Waals surface area contributed by atoms with Crippen LogP contribution in [-0.2, 0) is 11.2 Å². The first kappa shape index (κ1) is 14.4. The zero-order valence-corrected chi connectivity index (χ0v) is 12.3. The fourth-order valence-electron chi connectivity index (χ4n) is 2.32. The van der Waals surface area contributed by atoms with E-state index in [1.807, 2.05) is 24.3 Å². The molecule has 1 saturated carbocycles. The van der Waals surface area contributed by atoms with Gasteiger partial charge in [0.1, 0.15) is 11.9 Å². The van der Waals surface area contributed by atoms with Crippen LogP contribution in [0.5, 0.6) is 5.75 Å². The second-order valence-electron chi connectivity index (χ2n) is 5.44. The van der Waals surface area contributed by atoms with Gasteiger partial charge in [-0.25, -0.2) is 0 Å². The van der Waals surface area contributed by atoms with Crippen LogP contribution < -0.4 is 10.1 Å². The van der Waals surface area contributed by atoms with Crippen molar-refractivity contribution < 1.29 is 9.53 Å². The molecule has 1 aliphatic carbocycles. The normalized spacial score (nSPS) is 22.1. The van der Waals surface area contributed by atoms with Crippen molar-refractivity contribution in [1.82, 2.24) is 5.32 Å². The Morgan fingerprint density at radius 3 is 2.53 bits per heavy atom. The number of hydrogen-bond donors (Lipinski definition) is 2. The third kappa shape index (κ3) is 4.55. The van der Waals surface area contributed by atoms with Crippen molar-refractivity contribution in [2.24, 2.45) is 0 Å². The molecule has 0 heterocycles. The molecule has 0 amide bonds. The molecule has 0 aliphatic heterocycles. The minimum atomic E-state index is -0.115. The molecule has 0 spiro atoms. The third-order valence-corrected chi connectivity index (χ3v) is 3.40. The summed E-state index contributed by atoms with van der Waals surface area (Å²) >= 11 is 3.78. The van der Waals surface area contributed by atoms with E-state index in [1.165, 1.54) is 0 Å². The molecule has 1 aliphatic rings. The van der Waals surface area contributed by atoms with Crippen LogP contribution in [0.15, 0.2) is 24.3 Å². The third-order valence-electron chi connectivity index (χ3n) is 3.25. The van der Waals surface area contributed by atoms with Crippen LogP contribution in [0.25, 0.3) is 0 Å². The minimum absolute atomic E-state index is 0.115. The van der Waals surface area contributed by atoms with Crippen molar-refractivity contribution >= 4 is 17.7 Å². The SMILES string of the molecule is CC(C)N[C@H]1C[C@@H](Oc2ccc(CC(=O)S)cc2)C1. The maximum Gasteiger partial charge on any atom is 0.190 e. The van der Waals surface area contributed by atoms with Gasteiger partial charge in [0.2, 0.25) is 0 Å². The van der Waals surface area contributed by atoms with Gasteiger partial charge in [-0.1, -0.05) is 26.0 Å². The van der Waals surface area contributed by atoms with E-state index in [2.05, 4.69) is 31.8 Å². The fraction of sp³-hybridized carbons (Fsp3) is 0.533. The van der Waals surface area contributed by atoms with Crippen LogP contribution in [0.2, 0.25) is 0 Å². The zero-order valence-electron chi connectivity index (χ0n) is 11.4. The fourth-order valence-corrected chi connectivity index (χ4v) is 2.50. The van der Waals surface area contributed by atoms with Gasteiger partial charge in [-0.15, -0.1) is 12.6 Å². The second kappa shape index (κ2) is 6.44. The average molecular weight is 279 g/mol. The van der Waals surface area contributed by atoms with E-state index >= 15 is 0 Å². The van der Waals surface area contributed by atoms with Gasteiger partial charge in [0.15, 0.2) is 5.12 Å². The maximum atomic E-state index is 10.9. The van der Waals surface area contributed by atoms with Crippen molar-refractivity contribution in [3.63, 3.8) is 0 Å². The Balaban J connectivity index is 1.77. The number of nitrogens with one attached hydrogen (secondary N) is 1. The summed E-state index contributed by atoms with van der Waals surface area (Å²) in [5.41, 5.74) is 0.973. The van der Waals surface area contributed by atoms with Gasteiger partial charge in [-0.2, -0.15) is 0 Å². The monoisotopic (exact) mass is 279 g/mol. The Morgan fingerprint density at radius 2 is 2.00 bits per heavy atom. The quantitative estimate of drug-likeness (QED) is 0.786. The molecular weight excluding hydrogens is 258 g/mol. The minimum Gasteiger partial charge on any atom is -0.490 e. The molecule has 0 unspecified atom stereocenters. The number of benzene rings is 1. The summed E-state index contributed by atoms with van der Waals surface area (Å²) in [6.45, 7) is 4.32. The first-order valence-electron chi connectivity index (χ1n) is 6.76. The largest absolute Gasteiger partial charge is 0.490 e. The molecule has 0 radical (unpaired) electrons. The summed E-state index contributed by atoms with van der Waals surface area (Å²) in [6.07, 6.45) is 2.81. The smallest absolute Gasteiger partial charge is 0.190 e. The molecule has 4 heteroatoms. The topological polar surface area (TPSA) is 38.3 Å². The van der Waals surface area contributed by atoms with E-state index in [1.54, 1.807) is 0 Å². The Morgan fingerprint density at radius 1 is 1.37 bits per heavy atom. The zero-order chi connectivity index (χ0) is 13.8. The lowest BCUT2D eigenvalue weighted by molar-refractivity contribution is -0.110. The summed E-state index contributed by atoms with van der Waals surface area (Å²) in [7, 11) is 0. The standard InChI is InChI=1S/C15H21NO2S/c1-10(2)16-12-8-14(9-12)18-13-5-3-11(4-6-13)7-15(17)19/h3-6,10,12,14,16H,7-9H2,1-2H3,(H,17,19)/t12-,14+. The number of thiol groups is 1. The Bertz CT molecular complexity index is 424.